The number of methoxy groups -OCH3 is 1. The van der Waals surface area contributed by atoms with Crippen molar-refractivity contribution in [2.45, 2.75) is 38.0 Å². The average molecular weight is 261 g/mol. The van der Waals surface area contributed by atoms with E-state index < -0.39 is 5.60 Å². The third-order valence-electron chi connectivity index (χ3n) is 3.59. The van der Waals surface area contributed by atoms with Crippen molar-refractivity contribution in [1.82, 2.24) is 4.90 Å². The first kappa shape index (κ1) is 14.1. The molecule has 1 fully saturated rings. The number of ether oxygens (including phenoxy) is 1. The van der Waals surface area contributed by atoms with E-state index in [1.807, 2.05) is 18.2 Å². The van der Waals surface area contributed by atoms with Crippen LogP contribution < -0.4 is 4.74 Å². The molecule has 0 radical (unpaired) electrons. The molecule has 0 amide bonds. The Bertz CT molecular complexity index is 438. The lowest BCUT2D eigenvalue weighted by Crippen LogP contribution is -2.40. The molecule has 0 aromatic heterocycles. The van der Waals surface area contributed by atoms with E-state index in [2.05, 4.69) is 17.5 Å². The lowest BCUT2D eigenvalue weighted by atomic mass is 10.1. The first-order valence-corrected chi connectivity index (χ1v) is 6.77. The predicted molar refractivity (Wildman–Crippen MR) is 77.2 cm³/mol. The van der Waals surface area contributed by atoms with Gasteiger partial charge in [-0.15, -0.1) is 6.58 Å². The first-order chi connectivity index (χ1) is 9.05. The molecule has 19 heavy (non-hydrogen) atoms. The SMILES string of the molecule is C=CC(C)(O)CN(Cc1ccccc1OC)C1CC1. The maximum absolute atomic E-state index is 10.2. The molecular weight excluding hydrogens is 238 g/mol. The number of aliphatic hydroxyl groups is 1. The Balaban J connectivity index is 2.10. The zero-order chi connectivity index (χ0) is 13.9. The molecule has 0 heterocycles. The highest BCUT2D eigenvalue weighted by molar-refractivity contribution is 5.33. The molecule has 1 aliphatic carbocycles. The molecule has 104 valence electrons. The van der Waals surface area contributed by atoms with Gasteiger partial charge in [0.2, 0.25) is 0 Å². The summed E-state index contributed by atoms with van der Waals surface area (Å²) in [6.45, 7) is 6.92. The fourth-order valence-electron chi connectivity index (χ4n) is 2.28. The van der Waals surface area contributed by atoms with E-state index in [-0.39, 0.29) is 0 Å². The Morgan fingerprint density at radius 1 is 1.47 bits per heavy atom. The minimum absolute atomic E-state index is 0.580. The van der Waals surface area contributed by atoms with E-state index in [4.69, 9.17) is 4.74 Å². The second-order valence-corrected chi connectivity index (χ2v) is 5.51. The second kappa shape index (κ2) is 5.76. The van der Waals surface area contributed by atoms with E-state index in [1.165, 1.54) is 12.8 Å². The van der Waals surface area contributed by atoms with Gasteiger partial charge in [-0.25, -0.2) is 0 Å². The summed E-state index contributed by atoms with van der Waals surface area (Å²) < 4.78 is 5.39. The van der Waals surface area contributed by atoms with E-state index in [9.17, 15) is 5.11 Å². The van der Waals surface area contributed by atoms with E-state index in [0.717, 1.165) is 17.9 Å². The molecule has 1 aliphatic rings. The molecular formula is C16H23NO2. The molecule has 3 nitrogen and oxygen atoms in total. The van der Waals surface area contributed by atoms with Gasteiger partial charge in [0.15, 0.2) is 0 Å². The van der Waals surface area contributed by atoms with Crippen molar-refractivity contribution in [2.24, 2.45) is 0 Å². The van der Waals surface area contributed by atoms with Gasteiger partial charge >= 0.3 is 0 Å². The first-order valence-electron chi connectivity index (χ1n) is 6.77. The lowest BCUT2D eigenvalue weighted by Gasteiger charge is -2.30. The van der Waals surface area contributed by atoms with Gasteiger partial charge in [-0.3, -0.25) is 4.90 Å². The minimum atomic E-state index is -0.843. The van der Waals surface area contributed by atoms with E-state index in [1.54, 1.807) is 20.1 Å². The highest BCUT2D eigenvalue weighted by Crippen LogP contribution is 2.31. The van der Waals surface area contributed by atoms with Crippen LogP contribution >= 0.6 is 0 Å². The Hall–Kier alpha value is -1.32. The fraction of sp³-hybridized carbons (Fsp3) is 0.500. The maximum Gasteiger partial charge on any atom is 0.123 e. The number of hydrogen-bond acceptors (Lipinski definition) is 3. The Kier molecular flexibility index (Phi) is 4.27. The highest BCUT2D eigenvalue weighted by atomic mass is 16.5. The zero-order valence-electron chi connectivity index (χ0n) is 11.8. The Morgan fingerprint density at radius 3 is 2.74 bits per heavy atom. The summed E-state index contributed by atoms with van der Waals surface area (Å²) in [4.78, 5) is 2.32. The second-order valence-electron chi connectivity index (χ2n) is 5.51. The van der Waals surface area contributed by atoms with Crippen LogP contribution in [0.25, 0.3) is 0 Å². The minimum Gasteiger partial charge on any atom is -0.496 e. The largest absolute Gasteiger partial charge is 0.496 e. The van der Waals surface area contributed by atoms with Crippen LogP contribution in [-0.2, 0) is 6.54 Å². The molecule has 0 saturated heterocycles. The summed E-state index contributed by atoms with van der Waals surface area (Å²) in [7, 11) is 1.69. The smallest absolute Gasteiger partial charge is 0.123 e. The highest BCUT2D eigenvalue weighted by Gasteiger charge is 2.33. The van der Waals surface area contributed by atoms with Gasteiger partial charge in [-0.05, 0) is 25.8 Å². The van der Waals surface area contributed by atoms with Gasteiger partial charge in [0.05, 0.1) is 12.7 Å². The summed E-state index contributed by atoms with van der Waals surface area (Å²) in [6.07, 6.45) is 4.04. The molecule has 1 N–H and O–H groups in total. The molecule has 1 aromatic rings. The summed E-state index contributed by atoms with van der Waals surface area (Å²) in [6, 6.07) is 8.64. The average Bonchev–Trinajstić information content (AvgIpc) is 3.23. The van der Waals surface area contributed by atoms with Gasteiger partial charge in [0.25, 0.3) is 0 Å². The van der Waals surface area contributed by atoms with Gasteiger partial charge in [-0.1, -0.05) is 24.3 Å². The third-order valence-corrected chi connectivity index (χ3v) is 3.59. The normalized spacial score (nSPS) is 18.1. The van der Waals surface area contributed by atoms with Crippen LogP contribution in [0.5, 0.6) is 5.75 Å². The van der Waals surface area contributed by atoms with Crippen molar-refractivity contribution >= 4 is 0 Å². The zero-order valence-corrected chi connectivity index (χ0v) is 11.8. The molecule has 1 unspecified atom stereocenters. The van der Waals surface area contributed by atoms with Crippen molar-refractivity contribution in [3.63, 3.8) is 0 Å². The van der Waals surface area contributed by atoms with Crippen LogP contribution in [0.1, 0.15) is 25.3 Å². The number of hydrogen-bond donors (Lipinski definition) is 1. The van der Waals surface area contributed by atoms with Crippen molar-refractivity contribution in [1.29, 1.82) is 0 Å². The Labute approximate surface area is 115 Å². The summed E-state index contributed by atoms with van der Waals surface area (Å²) in [5.41, 5.74) is 0.321. The lowest BCUT2D eigenvalue weighted by molar-refractivity contribution is 0.0550. The van der Waals surface area contributed by atoms with Crippen molar-refractivity contribution in [3.05, 3.63) is 42.5 Å². The molecule has 0 spiro atoms. The van der Waals surface area contributed by atoms with Crippen LogP contribution in [-0.4, -0.2) is 35.3 Å². The quantitative estimate of drug-likeness (QED) is 0.766. The Morgan fingerprint density at radius 2 is 2.16 bits per heavy atom. The maximum atomic E-state index is 10.2. The van der Waals surface area contributed by atoms with Crippen molar-refractivity contribution in [3.8, 4) is 5.75 Å². The van der Waals surface area contributed by atoms with E-state index >= 15 is 0 Å². The monoisotopic (exact) mass is 261 g/mol. The molecule has 1 atom stereocenters. The number of rotatable bonds is 7. The molecule has 0 bridgehead atoms. The van der Waals surface area contributed by atoms with Crippen LogP contribution in [0.4, 0.5) is 0 Å². The van der Waals surface area contributed by atoms with Crippen molar-refractivity contribution < 1.29 is 9.84 Å². The van der Waals surface area contributed by atoms with Crippen molar-refractivity contribution in [2.75, 3.05) is 13.7 Å². The fourth-order valence-corrected chi connectivity index (χ4v) is 2.28. The molecule has 1 saturated carbocycles. The molecule has 1 aromatic carbocycles. The molecule has 0 aliphatic heterocycles. The predicted octanol–water partition coefficient (Wildman–Crippen LogP) is 2.60. The van der Waals surface area contributed by atoms with E-state index in [0.29, 0.717) is 12.6 Å². The number of nitrogens with zero attached hydrogens (tertiary/aromatic N) is 1. The summed E-state index contributed by atoms with van der Waals surface area (Å²) in [5.74, 6) is 0.909. The van der Waals surface area contributed by atoms with Crippen LogP contribution in [0.2, 0.25) is 0 Å². The van der Waals surface area contributed by atoms with Gasteiger partial charge in [0.1, 0.15) is 5.75 Å². The standard InChI is InChI=1S/C16H23NO2/c1-4-16(2,18)12-17(14-9-10-14)11-13-7-5-6-8-15(13)19-3/h4-8,14,18H,1,9-12H2,2-3H3. The van der Waals surface area contributed by atoms with Crippen LogP contribution in [0.3, 0.4) is 0 Å². The van der Waals surface area contributed by atoms with Gasteiger partial charge in [-0.2, -0.15) is 0 Å². The number of benzene rings is 1. The van der Waals surface area contributed by atoms with Gasteiger partial charge < -0.3 is 9.84 Å². The number of para-hydroxylation sites is 1. The summed E-state index contributed by atoms with van der Waals surface area (Å²) >= 11 is 0. The third kappa shape index (κ3) is 3.82. The van der Waals surface area contributed by atoms with Crippen LogP contribution in [0.15, 0.2) is 36.9 Å². The topological polar surface area (TPSA) is 32.7 Å². The molecule has 3 heteroatoms. The van der Waals surface area contributed by atoms with Crippen LogP contribution in [0, 0.1) is 0 Å². The van der Waals surface area contributed by atoms with Gasteiger partial charge in [0, 0.05) is 24.7 Å². The summed E-state index contributed by atoms with van der Waals surface area (Å²) in [5, 5.41) is 10.2. The molecule has 2 rings (SSSR count).